The average molecular weight is 351 g/mol. The molecule has 0 radical (unpaired) electrons. The van der Waals surface area contributed by atoms with Crippen LogP contribution in [-0.2, 0) is 16.6 Å². The van der Waals surface area contributed by atoms with Crippen molar-refractivity contribution in [2.24, 2.45) is 11.1 Å². The molecule has 1 saturated carbocycles. The minimum Gasteiger partial charge on any atom is -0.326 e. The molecule has 0 amide bonds. The zero-order chi connectivity index (χ0) is 15.7. The van der Waals surface area contributed by atoms with E-state index in [0.717, 1.165) is 25.7 Å². The summed E-state index contributed by atoms with van der Waals surface area (Å²) in [6, 6.07) is 2.88. The van der Waals surface area contributed by atoms with Crippen LogP contribution in [0.3, 0.4) is 0 Å². The largest absolute Gasteiger partial charge is 0.326 e. The van der Waals surface area contributed by atoms with Gasteiger partial charge < -0.3 is 5.73 Å². The third-order valence-corrected chi connectivity index (χ3v) is 6.63. The van der Waals surface area contributed by atoms with E-state index in [1.165, 1.54) is 12.1 Å². The molecule has 4 nitrogen and oxygen atoms in total. The summed E-state index contributed by atoms with van der Waals surface area (Å²) in [4.78, 5) is 0.0413. The number of hydrogen-bond acceptors (Lipinski definition) is 3. The molecule has 0 atom stereocenters. The Morgan fingerprint density at radius 2 is 1.95 bits per heavy atom. The summed E-state index contributed by atoms with van der Waals surface area (Å²) in [5.41, 5.74) is 6.23. The maximum absolute atomic E-state index is 12.5. The van der Waals surface area contributed by atoms with E-state index < -0.39 is 10.0 Å². The van der Waals surface area contributed by atoms with Gasteiger partial charge in [0.1, 0.15) is 4.90 Å². The summed E-state index contributed by atoms with van der Waals surface area (Å²) >= 11 is 12.0. The molecule has 0 bridgehead atoms. The van der Waals surface area contributed by atoms with Crippen molar-refractivity contribution >= 4 is 33.2 Å². The Kier molecular flexibility index (Phi) is 5.21. The van der Waals surface area contributed by atoms with E-state index in [1.807, 2.05) is 0 Å². The number of sulfonamides is 1. The Morgan fingerprint density at radius 1 is 1.29 bits per heavy atom. The molecule has 0 aliphatic heterocycles. The van der Waals surface area contributed by atoms with Crippen molar-refractivity contribution in [1.82, 2.24) is 4.72 Å². The van der Waals surface area contributed by atoms with Gasteiger partial charge in [-0.2, -0.15) is 0 Å². The number of halogens is 2. The molecule has 21 heavy (non-hydrogen) atoms. The van der Waals surface area contributed by atoms with Crippen molar-refractivity contribution in [3.05, 3.63) is 27.7 Å². The lowest BCUT2D eigenvalue weighted by atomic mass is 9.67. The van der Waals surface area contributed by atoms with Gasteiger partial charge in [0.25, 0.3) is 0 Å². The highest BCUT2D eigenvalue weighted by atomic mass is 35.5. The Morgan fingerprint density at radius 3 is 2.43 bits per heavy atom. The molecule has 0 heterocycles. The van der Waals surface area contributed by atoms with E-state index in [0.29, 0.717) is 17.1 Å². The Bertz CT molecular complexity index is 623. The first-order valence-electron chi connectivity index (χ1n) is 7.01. The van der Waals surface area contributed by atoms with Crippen LogP contribution in [0, 0.1) is 5.41 Å². The van der Waals surface area contributed by atoms with E-state index >= 15 is 0 Å². The molecule has 7 heteroatoms. The molecule has 2 rings (SSSR count). The first-order chi connectivity index (χ1) is 9.83. The summed E-state index contributed by atoms with van der Waals surface area (Å²) < 4.78 is 27.6. The van der Waals surface area contributed by atoms with Crippen LogP contribution in [0.2, 0.25) is 10.0 Å². The number of rotatable bonds is 6. The number of nitrogens with one attached hydrogen (secondary N) is 1. The van der Waals surface area contributed by atoms with Gasteiger partial charge in [0, 0.05) is 18.1 Å². The Labute approximate surface area is 136 Å². The second-order valence-corrected chi connectivity index (χ2v) is 8.16. The molecule has 1 aromatic carbocycles. The van der Waals surface area contributed by atoms with Crippen LogP contribution in [0.1, 0.15) is 38.2 Å². The SMILES string of the molecule is CCC1(CNS(=O)(=O)c2cc(CN)c(Cl)cc2Cl)CCC1. The molecule has 1 fully saturated rings. The maximum Gasteiger partial charge on any atom is 0.242 e. The fourth-order valence-corrected chi connectivity index (χ4v) is 4.62. The summed E-state index contributed by atoms with van der Waals surface area (Å²) in [5, 5.41) is 0.495. The van der Waals surface area contributed by atoms with Crippen LogP contribution in [-0.4, -0.2) is 15.0 Å². The molecule has 1 aliphatic rings. The number of hydrogen-bond donors (Lipinski definition) is 2. The van der Waals surface area contributed by atoms with E-state index in [4.69, 9.17) is 28.9 Å². The number of nitrogens with two attached hydrogens (primary N) is 1. The van der Waals surface area contributed by atoms with Crippen molar-refractivity contribution in [2.75, 3.05) is 6.54 Å². The first kappa shape index (κ1) is 17.0. The van der Waals surface area contributed by atoms with E-state index in [2.05, 4.69) is 11.6 Å². The van der Waals surface area contributed by atoms with Gasteiger partial charge in [0.2, 0.25) is 10.0 Å². The van der Waals surface area contributed by atoms with Crippen molar-refractivity contribution in [3.63, 3.8) is 0 Å². The molecular weight excluding hydrogens is 331 g/mol. The summed E-state index contributed by atoms with van der Waals surface area (Å²) in [6.07, 6.45) is 4.26. The van der Waals surface area contributed by atoms with Gasteiger partial charge in [0.05, 0.1) is 5.02 Å². The van der Waals surface area contributed by atoms with Gasteiger partial charge in [-0.15, -0.1) is 0 Å². The molecule has 0 aromatic heterocycles. The first-order valence-corrected chi connectivity index (χ1v) is 9.25. The van der Waals surface area contributed by atoms with Crippen LogP contribution >= 0.6 is 23.2 Å². The van der Waals surface area contributed by atoms with Gasteiger partial charge >= 0.3 is 0 Å². The molecule has 1 aromatic rings. The van der Waals surface area contributed by atoms with Gasteiger partial charge in [-0.3, -0.25) is 0 Å². The van der Waals surface area contributed by atoms with Gasteiger partial charge in [0.15, 0.2) is 0 Å². The van der Waals surface area contributed by atoms with E-state index in [9.17, 15) is 8.42 Å². The fraction of sp³-hybridized carbons (Fsp3) is 0.571. The fourth-order valence-electron chi connectivity index (χ4n) is 2.59. The average Bonchev–Trinajstić information content (AvgIpc) is 2.37. The van der Waals surface area contributed by atoms with Gasteiger partial charge in [-0.25, -0.2) is 13.1 Å². The molecule has 118 valence electrons. The monoisotopic (exact) mass is 350 g/mol. The van der Waals surface area contributed by atoms with Gasteiger partial charge in [-0.1, -0.05) is 36.5 Å². The predicted octanol–water partition coefficient (Wildman–Crippen LogP) is 3.31. The third kappa shape index (κ3) is 3.54. The van der Waals surface area contributed by atoms with Crippen LogP contribution in [0.4, 0.5) is 0 Å². The van der Waals surface area contributed by atoms with E-state index in [1.54, 1.807) is 0 Å². The highest BCUT2D eigenvalue weighted by Crippen LogP contribution is 2.43. The summed E-state index contributed by atoms with van der Waals surface area (Å²) in [5.74, 6) is 0. The van der Waals surface area contributed by atoms with Crippen molar-refractivity contribution in [3.8, 4) is 0 Å². The Balaban J connectivity index is 2.23. The second kappa shape index (κ2) is 6.42. The molecule has 0 unspecified atom stereocenters. The minimum atomic E-state index is -3.66. The van der Waals surface area contributed by atoms with Crippen LogP contribution in [0.5, 0.6) is 0 Å². The standard InChI is InChI=1S/C14H20Cl2N2O2S/c1-2-14(4-3-5-14)9-18-21(19,20)13-6-10(8-17)11(15)7-12(13)16/h6-7,18H,2-5,8-9,17H2,1H3. The summed E-state index contributed by atoms with van der Waals surface area (Å²) in [7, 11) is -3.66. The molecular formula is C14H20Cl2N2O2S. The molecule has 0 saturated heterocycles. The quantitative estimate of drug-likeness (QED) is 0.826. The van der Waals surface area contributed by atoms with Gasteiger partial charge in [-0.05, 0) is 42.4 Å². The topological polar surface area (TPSA) is 72.2 Å². The normalized spacial score (nSPS) is 17.5. The minimum absolute atomic E-state index is 0.0413. The summed E-state index contributed by atoms with van der Waals surface area (Å²) in [6.45, 7) is 2.70. The van der Waals surface area contributed by atoms with Crippen molar-refractivity contribution in [2.45, 2.75) is 44.0 Å². The maximum atomic E-state index is 12.5. The third-order valence-electron chi connectivity index (χ3n) is 4.41. The lowest BCUT2D eigenvalue weighted by Gasteiger charge is -2.41. The highest BCUT2D eigenvalue weighted by Gasteiger charge is 2.36. The lowest BCUT2D eigenvalue weighted by Crippen LogP contribution is -2.41. The van der Waals surface area contributed by atoms with Crippen molar-refractivity contribution < 1.29 is 8.42 Å². The smallest absolute Gasteiger partial charge is 0.242 e. The van der Waals surface area contributed by atoms with Crippen LogP contribution in [0.25, 0.3) is 0 Å². The van der Waals surface area contributed by atoms with Crippen molar-refractivity contribution in [1.29, 1.82) is 0 Å². The number of benzene rings is 1. The molecule has 1 aliphatic carbocycles. The zero-order valence-electron chi connectivity index (χ0n) is 12.0. The van der Waals surface area contributed by atoms with E-state index in [-0.39, 0.29) is 21.9 Å². The second-order valence-electron chi connectivity index (χ2n) is 5.61. The zero-order valence-corrected chi connectivity index (χ0v) is 14.3. The van der Waals surface area contributed by atoms with Crippen LogP contribution < -0.4 is 10.5 Å². The van der Waals surface area contributed by atoms with Crippen LogP contribution in [0.15, 0.2) is 17.0 Å². The predicted molar refractivity (Wildman–Crippen MR) is 86.1 cm³/mol. The Hall–Kier alpha value is -0.330. The lowest BCUT2D eigenvalue weighted by molar-refractivity contribution is 0.133. The molecule has 0 spiro atoms. The molecule has 3 N–H and O–H groups in total. The highest BCUT2D eigenvalue weighted by molar-refractivity contribution is 7.89.